The van der Waals surface area contributed by atoms with Crippen LogP contribution in [0.1, 0.15) is 32.6 Å². The highest BCUT2D eigenvalue weighted by molar-refractivity contribution is 8.14. The van der Waals surface area contributed by atoms with Gasteiger partial charge in [-0.1, -0.05) is 36.7 Å². The van der Waals surface area contributed by atoms with Crippen molar-refractivity contribution in [3.05, 3.63) is 0 Å². The zero-order valence-corrected chi connectivity index (χ0v) is 14.7. The number of hydrogen-bond donors (Lipinski definition) is 5. The molecule has 1 heterocycles. The molecule has 1 aliphatic rings. The molecule has 12 heteroatoms. The van der Waals surface area contributed by atoms with E-state index >= 15 is 0 Å². The van der Waals surface area contributed by atoms with Crippen molar-refractivity contribution in [1.82, 2.24) is 0 Å². The summed E-state index contributed by atoms with van der Waals surface area (Å²) in [5.41, 5.74) is -1.11. The number of aliphatic hydroxyl groups excluding tert-OH is 4. The summed E-state index contributed by atoms with van der Waals surface area (Å²) in [6, 6.07) is 0. The average Bonchev–Trinajstić information content (AvgIpc) is 2.52. The zero-order chi connectivity index (χ0) is 18.3. The Morgan fingerprint density at radius 2 is 1.88 bits per heavy atom. The third-order valence-corrected chi connectivity index (χ3v) is 4.76. The first-order valence-corrected chi connectivity index (χ1v) is 9.64. The molecule has 5 atom stereocenters. The topological polar surface area (TPSA) is 166 Å². The van der Waals surface area contributed by atoms with Gasteiger partial charge < -0.3 is 25.2 Å². The quantitative estimate of drug-likeness (QED) is 0.117. The van der Waals surface area contributed by atoms with Crippen LogP contribution in [0.3, 0.4) is 0 Å². The maximum absolute atomic E-state index is 10.6. The smallest absolute Gasteiger partial charge is 0.394 e. The molecule has 1 fully saturated rings. The van der Waals surface area contributed by atoms with E-state index in [1.807, 2.05) is 6.92 Å². The van der Waals surface area contributed by atoms with Crippen LogP contribution in [0.15, 0.2) is 5.16 Å². The van der Waals surface area contributed by atoms with E-state index in [-0.39, 0.29) is 5.04 Å². The molecule has 0 unspecified atom stereocenters. The Bertz CT molecular complexity index is 511. The molecule has 0 aliphatic carbocycles. The summed E-state index contributed by atoms with van der Waals surface area (Å²) in [4.78, 5) is 0. The van der Waals surface area contributed by atoms with Crippen LogP contribution in [0.4, 0.5) is 0 Å². The Hall–Kier alpha value is -0.470. The fraction of sp³-hybridized carbons (Fsp3) is 0.917. The Kier molecular flexibility index (Phi) is 8.87. The van der Waals surface area contributed by atoms with E-state index in [1.165, 1.54) is 0 Å². The fourth-order valence-electron chi connectivity index (χ4n) is 2.04. The standard InChI is InChI=1S/C12H23NO9S2/c1-2-3-4-5-8(13-22-24(18,19)20)23-12-11(17)10(16)9(15)7(6-14)21-12/h7,9-12,14-17H,2-6H2,1H3,(H,18,19,20)/t7-,9-,10+,11-,12+/m1/s1. The van der Waals surface area contributed by atoms with Gasteiger partial charge in [0, 0.05) is 0 Å². The van der Waals surface area contributed by atoms with Crippen molar-refractivity contribution in [3.63, 3.8) is 0 Å². The molecule has 0 radical (unpaired) electrons. The van der Waals surface area contributed by atoms with Crippen LogP contribution >= 0.6 is 11.8 Å². The maximum Gasteiger partial charge on any atom is 0.466 e. The molecule has 24 heavy (non-hydrogen) atoms. The van der Waals surface area contributed by atoms with Crippen LogP contribution in [0.25, 0.3) is 0 Å². The highest BCUT2D eigenvalue weighted by atomic mass is 32.3. The molecule has 142 valence electrons. The van der Waals surface area contributed by atoms with Crippen LogP contribution in [-0.4, -0.2) is 74.9 Å². The largest absolute Gasteiger partial charge is 0.466 e. The summed E-state index contributed by atoms with van der Waals surface area (Å²) in [6.45, 7) is 1.39. The van der Waals surface area contributed by atoms with Crippen LogP contribution in [0.5, 0.6) is 0 Å². The van der Waals surface area contributed by atoms with Crippen molar-refractivity contribution in [3.8, 4) is 0 Å². The first-order chi connectivity index (χ1) is 11.2. The van der Waals surface area contributed by atoms with Gasteiger partial charge in [0.15, 0.2) is 0 Å². The number of hydrogen-bond acceptors (Lipinski definition) is 10. The molecule has 5 N–H and O–H groups in total. The van der Waals surface area contributed by atoms with E-state index in [0.717, 1.165) is 24.6 Å². The van der Waals surface area contributed by atoms with E-state index in [4.69, 9.17) is 14.4 Å². The number of ether oxygens (including phenoxy) is 1. The van der Waals surface area contributed by atoms with E-state index in [9.17, 15) is 23.7 Å². The van der Waals surface area contributed by atoms with Gasteiger partial charge in [-0.25, -0.2) is 4.28 Å². The third-order valence-electron chi connectivity index (χ3n) is 3.33. The van der Waals surface area contributed by atoms with Gasteiger partial charge in [0.25, 0.3) is 0 Å². The highest BCUT2D eigenvalue weighted by Crippen LogP contribution is 2.30. The van der Waals surface area contributed by atoms with Crippen LogP contribution in [0.2, 0.25) is 0 Å². The van der Waals surface area contributed by atoms with Crippen molar-refractivity contribution in [2.45, 2.75) is 62.5 Å². The molecule has 0 amide bonds. The first-order valence-electron chi connectivity index (χ1n) is 7.39. The Morgan fingerprint density at radius 1 is 1.21 bits per heavy atom. The summed E-state index contributed by atoms with van der Waals surface area (Å²) in [5.74, 6) is 0. The van der Waals surface area contributed by atoms with Crippen molar-refractivity contribution >= 4 is 27.2 Å². The van der Waals surface area contributed by atoms with Crippen LogP contribution in [0, 0.1) is 0 Å². The van der Waals surface area contributed by atoms with Crippen molar-refractivity contribution in [2.75, 3.05) is 6.61 Å². The Labute approximate surface area is 144 Å². The van der Waals surface area contributed by atoms with Crippen molar-refractivity contribution < 1.29 is 42.4 Å². The second-order valence-electron chi connectivity index (χ2n) is 5.26. The summed E-state index contributed by atoms with van der Waals surface area (Å²) in [7, 11) is -4.77. The van der Waals surface area contributed by atoms with Crippen LogP contribution < -0.4 is 0 Å². The van der Waals surface area contributed by atoms with E-state index < -0.39 is 46.9 Å². The highest BCUT2D eigenvalue weighted by Gasteiger charge is 2.44. The minimum absolute atomic E-state index is 0.116. The molecule has 0 aromatic rings. The number of oxime groups is 1. The molecule has 0 aromatic carbocycles. The molecule has 0 aromatic heterocycles. The van der Waals surface area contributed by atoms with Crippen LogP contribution in [-0.2, 0) is 19.4 Å². The minimum atomic E-state index is -4.77. The van der Waals surface area contributed by atoms with Gasteiger partial charge in [0.2, 0.25) is 0 Å². The van der Waals surface area contributed by atoms with E-state index in [0.29, 0.717) is 12.8 Å². The second kappa shape index (κ2) is 9.87. The van der Waals surface area contributed by atoms with Gasteiger partial charge >= 0.3 is 10.4 Å². The predicted molar refractivity (Wildman–Crippen MR) is 85.6 cm³/mol. The molecule has 0 saturated carbocycles. The SMILES string of the molecule is CCCCCC(=NOS(=O)(=O)O)S[C@@H]1O[C@H](CO)[C@@H](O)[C@H](O)[C@H]1O. The Balaban J connectivity index is 2.82. The monoisotopic (exact) mass is 389 g/mol. The summed E-state index contributed by atoms with van der Waals surface area (Å²) >= 11 is 0.785. The van der Waals surface area contributed by atoms with Gasteiger partial charge in [-0.15, -0.1) is 0 Å². The van der Waals surface area contributed by atoms with E-state index in [2.05, 4.69) is 9.44 Å². The fourth-order valence-corrected chi connectivity index (χ4v) is 3.38. The second-order valence-corrected chi connectivity index (χ2v) is 7.44. The lowest BCUT2D eigenvalue weighted by atomic mass is 10.0. The van der Waals surface area contributed by atoms with Gasteiger partial charge in [-0.3, -0.25) is 4.55 Å². The summed E-state index contributed by atoms with van der Waals surface area (Å²) < 4.78 is 39.2. The number of thioether (sulfide) groups is 1. The normalized spacial score (nSPS) is 31.9. The first kappa shape index (κ1) is 21.6. The minimum Gasteiger partial charge on any atom is -0.394 e. The van der Waals surface area contributed by atoms with Gasteiger partial charge in [-0.2, -0.15) is 8.42 Å². The van der Waals surface area contributed by atoms with Crippen molar-refractivity contribution in [1.29, 1.82) is 0 Å². The van der Waals surface area contributed by atoms with Gasteiger partial charge in [0.05, 0.1) is 6.61 Å². The summed E-state index contributed by atoms with van der Waals surface area (Å²) in [5, 5.41) is 42.0. The molecule has 0 bridgehead atoms. The zero-order valence-electron chi connectivity index (χ0n) is 13.1. The number of nitrogens with zero attached hydrogens (tertiary/aromatic N) is 1. The number of rotatable bonds is 8. The maximum atomic E-state index is 10.6. The molecular weight excluding hydrogens is 366 g/mol. The third kappa shape index (κ3) is 6.80. The molecule has 1 aliphatic heterocycles. The molecule has 0 spiro atoms. The number of aliphatic hydroxyl groups is 4. The van der Waals surface area contributed by atoms with Gasteiger partial charge in [0.1, 0.15) is 34.9 Å². The molecular formula is C12H23NO9S2. The number of unbranched alkanes of at least 4 members (excludes halogenated alkanes) is 2. The molecule has 1 saturated heterocycles. The lowest BCUT2D eigenvalue weighted by molar-refractivity contribution is -0.205. The lowest BCUT2D eigenvalue weighted by Crippen LogP contribution is -2.57. The predicted octanol–water partition coefficient (Wildman–Crippen LogP) is -0.767. The molecule has 1 rings (SSSR count). The lowest BCUT2D eigenvalue weighted by Gasteiger charge is -2.39. The molecule has 10 nitrogen and oxygen atoms in total. The van der Waals surface area contributed by atoms with Gasteiger partial charge in [-0.05, 0) is 12.8 Å². The Morgan fingerprint density at radius 3 is 2.42 bits per heavy atom. The van der Waals surface area contributed by atoms with E-state index in [1.54, 1.807) is 0 Å². The average molecular weight is 389 g/mol. The summed E-state index contributed by atoms with van der Waals surface area (Å²) in [6.07, 6.45) is -2.94. The van der Waals surface area contributed by atoms with Crippen molar-refractivity contribution in [2.24, 2.45) is 5.16 Å².